The Morgan fingerprint density at radius 2 is 1.50 bits per heavy atom. The van der Waals surface area contributed by atoms with E-state index >= 15 is 0 Å². The third kappa shape index (κ3) is 1.74. The molecule has 94 valence electrons. The summed E-state index contributed by atoms with van der Waals surface area (Å²) >= 11 is 0. The Morgan fingerprint density at radius 3 is 2.06 bits per heavy atom. The normalized spacial score (nSPS) is 51.2. The molecule has 8 nitrogen and oxygen atoms in total. The third-order valence-electron chi connectivity index (χ3n) is 2.89. The van der Waals surface area contributed by atoms with Crippen LogP contribution in [0.5, 0.6) is 0 Å². The number of aliphatic hydroxyl groups excluding tert-OH is 4. The zero-order valence-corrected chi connectivity index (χ0v) is 8.82. The van der Waals surface area contributed by atoms with Gasteiger partial charge in [0, 0.05) is 5.92 Å². The lowest BCUT2D eigenvalue weighted by atomic mass is 9.79. The van der Waals surface area contributed by atoms with Crippen LogP contribution in [-0.2, 0) is 18.8 Å². The molecular formula is C7H12O8S. The fourth-order valence-electron chi connectivity index (χ4n) is 2.03. The quantitative estimate of drug-likeness (QED) is 0.384. The molecule has 0 amide bonds. The van der Waals surface area contributed by atoms with Crippen LogP contribution in [0, 0.1) is 5.92 Å². The molecule has 0 radical (unpaired) electrons. The standard InChI is InChI=1S/C7H12O8S/c8-1-2-3(9)4(10)5(11)7-6(2)14-16(12,13)15-7/h2-11H,1H2/t2-,3-,4+,5-,6+,7-/m1/s1. The van der Waals surface area contributed by atoms with Gasteiger partial charge in [-0.15, -0.1) is 0 Å². The first-order chi connectivity index (χ1) is 7.37. The molecule has 0 unspecified atom stereocenters. The van der Waals surface area contributed by atoms with Crippen molar-refractivity contribution in [3.8, 4) is 0 Å². The minimum absolute atomic E-state index is 0.592. The first-order valence-corrected chi connectivity index (χ1v) is 5.97. The van der Waals surface area contributed by atoms with Crippen LogP contribution >= 0.6 is 0 Å². The second-order valence-corrected chi connectivity index (χ2v) is 5.05. The molecule has 1 aliphatic heterocycles. The van der Waals surface area contributed by atoms with Crippen molar-refractivity contribution in [2.24, 2.45) is 5.92 Å². The van der Waals surface area contributed by atoms with Gasteiger partial charge in [-0.05, 0) is 0 Å². The maximum atomic E-state index is 11.0. The van der Waals surface area contributed by atoms with E-state index in [9.17, 15) is 23.7 Å². The average molecular weight is 256 g/mol. The summed E-state index contributed by atoms with van der Waals surface area (Å²) in [6.45, 7) is -0.592. The van der Waals surface area contributed by atoms with Crippen molar-refractivity contribution in [2.75, 3.05) is 6.61 Å². The fourth-order valence-corrected chi connectivity index (χ4v) is 3.09. The Morgan fingerprint density at radius 1 is 0.938 bits per heavy atom. The van der Waals surface area contributed by atoms with Gasteiger partial charge in [0.25, 0.3) is 0 Å². The van der Waals surface area contributed by atoms with Gasteiger partial charge < -0.3 is 20.4 Å². The van der Waals surface area contributed by atoms with Crippen LogP contribution < -0.4 is 0 Å². The Labute approximate surface area is 91.4 Å². The Kier molecular flexibility index (Phi) is 2.95. The molecule has 1 saturated carbocycles. The Balaban J connectivity index is 2.32. The zero-order valence-electron chi connectivity index (χ0n) is 8.00. The van der Waals surface area contributed by atoms with E-state index in [1.807, 2.05) is 0 Å². The predicted octanol–water partition coefficient (Wildman–Crippen LogP) is -3.28. The van der Waals surface area contributed by atoms with E-state index in [1.54, 1.807) is 0 Å². The first-order valence-electron chi connectivity index (χ1n) is 4.64. The molecule has 9 heteroatoms. The summed E-state index contributed by atoms with van der Waals surface area (Å²) in [6, 6.07) is 0. The number of rotatable bonds is 1. The molecule has 4 N–H and O–H groups in total. The first kappa shape index (κ1) is 12.2. The van der Waals surface area contributed by atoms with Gasteiger partial charge in [-0.3, -0.25) is 0 Å². The Hall–Kier alpha value is -0.290. The van der Waals surface area contributed by atoms with Crippen molar-refractivity contribution in [1.82, 2.24) is 0 Å². The van der Waals surface area contributed by atoms with Gasteiger partial charge in [0.2, 0.25) is 0 Å². The van der Waals surface area contributed by atoms with E-state index in [1.165, 1.54) is 0 Å². The summed E-state index contributed by atoms with van der Waals surface area (Å²) in [5.74, 6) is -1.03. The highest BCUT2D eigenvalue weighted by Gasteiger charge is 2.57. The summed E-state index contributed by atoms with van der Waals surface area (Å²) in [4.78, 5) is 0. The molecule has 1 saturated heterocycles. The van der Waals surface area contributed by atoms with E-state index < -0.39 is 53.4 Å². The third-order valence-corrected chi connectivity index (χ3v) is 3.81. The van der Waals surface area contributed by atoms with Gasteiger partial charge in [0.05, 0.1) is 12.7 Å². The lowest BCUT2D eigenvalue weighted by molar-refractivity contribution is -0.176. The second kappa shape index (κ2) is 3.88. The average Bonchev–Trinajstić information content (AvgIpc) is 2.52. The highest BCUT2D eigenvalue weighted by Crippen LogP contribution is 2.36. The van der Waals surface area contributed by atoms with Crippen molar-refractivity contribution >= 4 is 10.4 Å². The van der Waals surface area contributed by atoms with Crippen LogP contribution in [0.3, 0.4) is 0 Å². The van der Waals surface area contributed by atoms with Crippen LogP contribution in [0.15, 0.2) is 0 Å². The van der Waals surface area contributed by atoms with E-state index in [0.717, 1.165) is 0 Å². The topological polar surface area (TPSA) is 134 Å². The number of hydrogen-bond acceptors (Lipinski definition) is 8. The molecule has 0 aromatic carbocycles. The molecule has 0 aromatic rings. The molecule has 1 aliphatic carbocycles. The SMILES string of the molecule is O=S1(=O)O[C@@H]2[C@H](O)[C@@H](O)[C@H](O)[C@@H](CO)[C@@H]2O1. The van der Waals surface area contributed by atoms with Crippen molar-refractivity contribution in [3.05, 3.63) is 0 Å². The molecule has 0 spiro atoms. The fraction of sp³-hybridized carbons (Fsp3) is 1.00. The van der Waals surface area contributed by atoms with Crippen LogP contribution in [0.25, 0.3) is 0 Å². The Bertz CT molecular complexity index is 367. The summed E-state index contributed by atoms with van der Waals surface area (Å²) in [6.07, 6.45) is -7.14. The molecule has 6 atom stereocenters. The van der Waals surface area contributed by atoms with Crippen LogP contribution in [0.4, 0.5) is 0 Å². The molecular weight excluding hydrogens is 244 g/mol. The monoisotopic (exact) mass is 256 g/mol. The van der Waals surface area contributed by atoms with Crippen LogP contribution in [0.2, 0.25) is 0 Å². The smallest absolute Gasteiger partial charge is 0.396 e. The molecule has 1 heterocycles. The summed E-state index contributed by atoms with van der Waals surface area (Å²) in [7, 11) is -4.24. The molecule has 0 bridgehead atoms. The minimum atomic E-state index is -4.24. The zero-order chi connectivity index (χ0) is 12.1. The van der Waals surface area contributed by atoms with Crippen molar-refractivity contribution in [1.29, 1.82) is 0 Å². The molecule has 2 rings (SSSR count). The molecule has 2 fully saturated rings. The summed E-state index contributed by atoms with van der Waals surface area (Å²) < 4.78 is 31.0. The van der Waals surface area contributed by atoms with Gasteiger partial charge in [0.15, 0.2) is 0 Å². The highest BCUT2D eigenvalue weighted by molar-refractivity contribution is 7.82. The number of hydrogen-bond donors (Lipinski definition) is 4. The van der Waals surface area contributed by atoms with E-state index in [2.05, 4.69) is 8.37 Å². The maximum absolute atomic E-state index is 11.0. The molecule has 0 aromatic heterocycles. The van der Waals surface area contributed by atoms with Gasteiger partial charge in [-0.2, -0.15) is 8.42 Å². The molecule has 16 heavy (non-hydrogen) atoms. The second-order valence-electron chi connectivity index (χ2n) is 3.85. The van der Waals surface area contributed by atoms with Gasteiger partial charge in [-0.1, -0.05) is 0 Å². The van der Waals surface area contributed by atoms with Crippen molar-refractivity contribution < 1.29 is 37.2 Å². The van der Waals surface area contributed by atoms with Crippen LogP contribution in [-0.4, -0.2) is 66.0 Å². The lowest BCUT2D eigenvalue weighted by Crippen LogP contribution is -2.60. The minimum Gasteiger partial charge on any atom is -0.396 e. The van der Waals surface area contributed by atoms with Crippen LogP contribution in [0.1, 0.15) is 0 Å². The van der Waals surface area contributed by atoms with Crippen molar-refractivity contribution in [3.63, 3.8) is 0 Å². The van der Waals surface area contributed by atoms with Gasteiger partial charge >= 0.3 is 10.4 Å². The highest BCUT2D eigenvalue weighted by atomic mass is 32.3. The lowest BCUT2D eigenvalue weighted by Gasteiger charge is -2.39. The number of aliphatic hydroxyl groups is 4. The number of fused-ring (bicyclic) bond motifs is 1. The predicted molar refractivity (Wildman–Crippen MR) is 47.3 cm³/mol. The van der Waals surface area contributed by atoms with E-state index in [-0.39, 0.29) is 0 Å². The van der Waals surface area contributed by atoms with E-state index in [0.29, 0.717) is 0 Å². The summed E-state index contributed by atoms with van der Waals surface area (Å²) in [5, 5.41) is 37.5. The molecule has 2 aliphatic rings. The largest absolute Gasteiger partial charge is 0.400 e. The van der Waals surface area contributed by atoms with Crippen molar-refractivity contribution in [2.45, 2.75) is 30.5 Å². The van der Waals surface area contributed by atoms with Gasteiger partial charge in [-0.25, -0.2) is 8.37 Å². The summed E-state index contributed by atoms with van der Waals surface area (Å²) in [5.41, 5.74) is 0. The van der Waals surface area contributed by atoms with E-state index in [4.69, 9.17) is 5.11 Å². The van der Waals surface area contributed by atoms with Gasteiger partial charge in [0.1, 0.15) is 24.4 Å². The maximum Gasteiger partial charge on any atom is 0.400 e.